The number of rotatable bonds is 5. The molecule has 1 amide bonds. The van der Waals surface area contributed by atoms with Crippen LogP contribution < -0.4 is 5.32 Å². The highest BCUT2D eigenvalue weighted by Crippen LogP contribution is 2.23. The summed E-state index contributed by atoms with van der Waals surface area (Å²) in [4.78, 5) is 27.5. The monoisotopic (exact) mass is 328 g/mol. The van der Waals surface area contributed by atoms with Crippen molar-refractivity contribution in [3.63, 3.8) is 0 Å². The summed E-state index contributed by atoms with van der Waals surface area (Å²) < 4.78 is 0. The first-order chi connectivity index (χ1) is 9.56. The number of hydrogen-bond donors (Lipinski definition) is 1. The Labute approximate surface area is 129 Å². The Hall–Kier alpha value is -1.43. The van der Waals surface area contributed by atoms with Crippen LogP contribution >= 0.6 is 34.5 Å². The van der Waals surface area contributed by atoms with Crippen molar-refractivity contribution in [1.82, 2.24) is 4.98 Å². The summed E-state index contributed by atoms with van der Waals surface area (Å²) in [5.41, 5.74) is 0.446. The second-order valence-electron chi connectivity index (χ2n) is 3.94. The van der Waals surface area contributed by atoms with Gasteiger partial charge in [-0.1, -0.05) is 23.2 Å². The van der Waals surface area contributed by atoms with Crippen molar-refractivity contribution in [1.29, 1.82) is 0 Å². The number of Topliss-reactive ketones (excluding diaryl/α,β-unsaturated/α-hetero) is 1. The van der Waals surface area contributed by atoms with Crippen LogP contribution in [0.2, 0.25) is 10.0 Å². The van der Waals surface area contributed by atoms with E-state index in [9.17, 15) is 9.59 Å². The number of ketones is 1. The van der Waals surface area contributed by atoms with Gasteiger partial charge in [-0.05, 0) is 18.2 Å². The zero-order valence-corrected chi connectivity index (χ0v) is 12.6. The average Bonchev–Trinajstić information content (AvgIpc) is 2.92. The molecule has 0 radical (unpaired) electrons. The van der Waals surface area contributed by atoms with Gasteiger partial charge in [0.25, 0.3) is 0 Å². The van der Waals surface area contributed by atoms with Gasteiger partial charge in [0.05, 0.1) is 10.0 Å². The summed E-state index contributed by atoms with van der Waals surface area (Å²) in [5, 5.41) is 5.62. The Morgan fingerprint density at radius 2 is 2.00 bits per heavy atom. The number of amides is 1. The summed E-state index contributed by atoms with van der Waals surface area (Å²) in [5.74, 6) is -0.397. The molecule has 104 valence electrons. The molecule has 0 spiro atoms. The van der Waals surface area contributed by atoms with Crippen LogP contribution in [0.5, 0.6) is 0 Å². The molecule has 1 N–H and O–H groups in total. The predicted octanol–water partition coefficient (Wildman–Crippen LogP) is 4.05. The molecule has 4 nitrogen and oxygen atoms in total. The van der Waals surface area contributed by atoms with Gasteiger partial charge >= 0.3 is 0 Å². The van der Waals surface area contributed by atoms with E-state index in [4.69, 9.17) is 23.2 Å². The van der Waals surface area contributed by atoms with E-state index in [0.29, 0.717) is 20.7 Å². The molecule has 1 heterocycles. The summed E-state index contributed by atoms with van der Waals surface area (Å²) in [6.45, 7) is 0. The molecule has 0 saturated carbocycles. The zero-order valence-electron chi connectivity index (χ0n) is 10.2. The fourth-order valence-corrected chi connectivity index (χ4v) is 2.35. The largest absolute Gasteiger partial charge is 0.302 e. The molecule has 1 aromatic carbocycles. The van der Waals surface area contributed by atoms with Crippen LogP contribution in [-0.2, 0) is 4.79 Å². The number of anilines is 1. The van der Waals surface area contributed by atoms with Crippen LogP contribution in [0, 0.1) is 0 Å². The van der Waals surface area contributed by atoms with Crippen LogP contribution in [0.4, 0.5) is 5.13 Å². The highest BCUT2D eigenvalue weighted by atomic mass is 35.5. The zero-order chi connectivity index (χ0) is 14.5. The number of thiazole rings is 1. The highest BCUT2D eigenvalue weighted by Gasteiger charge is 2.11. The van der Waals surface area contributed by atoms with Gasteiger partial charge in [0.2, 0.25) is 5.91 Å². The molecule has 0 aliphatic carbocycles. The highest BCUT2D eigenvalue weighted by molar-refractivity contribution is 7.13. The first-order valence-electron chi connectivity index (χ1n) is 5.74. The number of nitrogens with zero attached hydrogens (tertiary/aromatic N) is 1. The van der Waals surface area contributed by atoms with E-state index in [1.54, 1.807) is 23.7 Å². The Morgan fingerprint density at radius 1 is 1.20 bits per heavy atom. The van der Waals surface area contributed by atoms with Crippen molar-refractivity contribution >= 4 is 51.4 Å². The first-order valence-corrected chi connectivity index (χ1v) is 7.37. The minimum Gasteiger partial charge on any atom is -0.302 e. The van der Waals surface area contributed by atoms with Crippen molar-refractivity contribution in [3.8, 4) is 0 Å². The van der Waals surface area contributed by atoms with Gasteiger partial charge in [-0.3, -0.25) is 9.59 Å². The van der Waals surface area contributed by atoms with Crippen LogP contribution in [0.1, 0.15) is 23.2 Å². The van der Waals surface area contributed by atoms with Crippen molar-refractivity contribution < 1.29 is 9.59 Å². The average molecular weight is 329 g/mol. The second-order valence-corrected chi connectivity index (χ2v) is 5.65. The molecule has 7 heteroatoms. The standard InChI is InChI=1S/C13H10Cl2N2O2S/c14-9-2-1-8(7-10(9)15)11(18)3-4-12(19)17-13-16-5-6-20-13/h1-2,5-7H,3-4H2,(H,16,17,19). The van der Waals surface area contributed by atoms with Gasteiger partial charge < -0.3 is 5.32 Å². The van der Waals surface area contributed by atoms with Gasteiger partial charge in [-0.25, -0.2) is 4.98 Å². The summed E-state index contributed by atoms with van der Waals surface area (Å²) in [6, 6.07) is 4.66. The van der Waals surface area contributed by atoms with Crippen molar-refractivity contribution in [2.24, 2.45) is 0 Å². The maximum absolute atomic E-state index is 11.9. The predicted molar refractivity (Wildman–Crippen MR) is 80.8 cm³/mol. The Bertz CT molecular complexity index is 629. The fourth-order valence-electron chi connectivity index (χ4n) is 1.51. The SMILES string of the molecule is O=C(CCC(=O)c1ccc(Cl)c(Cl)c1)Nc1nccs1. The molecule has 0 fully saturated rings. The minimum atomic E-state index is -0.242. The molecule has 2 aromatic rings. The van der Waals surface area contributed by atoms with Crippen LogP contribution in [0.25, 0.3) is 0 Å². The molecule has 20 heavy (non-hydrogen) atoms. The molecule has 0 bridgehead atoms. The molecule has 2 rings (SSSR count). The number of aromatic nitrogens is 1. The Kier molecular flexibility index (Phi) is 5.11. The van der Waals surface area contributed by atoms with Gasteiger partial charge in [-0.15, -0.1) is 11.3 Å². The molecule has 0 atom stereocenters. The first kappa shape index (κ1) is 15.0. The number of halogens is 2. The van der Waals surface area contributed by atoms with Crippen molar-refractivity contribution in [3.05, 3.63) is 45.4 Å². The van der Waals surface area contributed by atoms with Crippen LogP contribution in [0.15, 0.2) is 29.8 Å². The summed E-state index contributed by atoms with van der Waals surface area (Å²) >= 11 is 12.9. The minimum absolute atomic E-state index is 0.0959. The summed E-state index contributed by atoms with van der Waals surface area (Å²) in [6.07, 6.45) is 1.80. The molecule has 0 saturated heterocycles. The number of hydrogen-bond acceptors (Lipinski definition) is 4. The molecular formula is C13H10Cl2N2O2S. The summed E-state index contributed by atoms with van der Waals surface area (Å²) in [7, 11) is 0. The van der Waals surface area contributed by atoms with Crippen LogP contribution in [-0.4, -0.2) is 16.7 Å². The maximum Gasteiger partial charge on any atom is 0.226 e. The Morgan fingerprint density at radius 3 is 2.65 bits per heavy atom. The van der Waals surface area contributed by atoms with E-state index in [0.717, 1.165) is 0 Å². The van der Waals surface area contributed by atoms with Gasteiger partial charge in [0.15, 0.2) is 10.9 Å². The van der Waals surface area contributed by atoms with E-state index >= 15 is 0 Å². The number of carbonyl (C=O) groups is 2. The lowest BCUT2D eigenvalue weighted by molar-refractivity contribution is -0.116. The molecule has 0 aliphatic heterocycles. The fraction of sp³-hybridized carbons (Fsp3) is 0.154. The van der Waals surface area contributed by atoms with E-state index < -0.39 is 0 Å². The van der Waals surface area contributed by atoms with E-state index in [1.807, 2.05) is 0 Å². The molecular weight excluding hydrogens is 319 g/mol. The van der Waals surface area contributed by atoms with E-state index in [2.05, 4.69) is 10.3 Å². The normalized spacial score (nSPS) is 10.3. The molecule has 0 unspecified atom stereocenters. The van der Waals surface area contributed by atoms with E-state index in [1.165, 1.54) is 17.4 Å². The molecule has 1 aromatic heterocycles. The van der Waals surface area contributed by atoms with Crippen molar-refractivity contribution in [2.75, 3.05) is 5.32 Å². The number of nitrogens with one attached hydrogen (secondary N) is 1. The smallest absolute Gasteiger partial charge is 0.226 e. The topological polar surface area (TPSA) is 59.1 Å². The maximum atomic E-state index is 11.9. The van der Waals surface area contributed by atoms with Crippen LogP contribution in [0.3, 0.4) is 0 Å². The van der Waals surface area contributed by atoms with Gasteiger partial charge in [-0.2, -0.15) is 0 Å². The van der Waals surface area contributed by atoms with E-state index in [-0.39, 0.29) is 24.5 Å². The molecule has 0 aliphatic rings. The van der Waals surface area contributed by atoms with Gasteiger partial charge in [0, 0.05) is 30.0 Å². The van der Waals surface area contributed by atoms with Gasteiger partial charge in [0.1, 0.15) is 0 Å². The third kappa shape index (κ3) is 4.03. The number of benzene rings is 1. The quantitative estimate of drug-likeness (QED) is 0.842. The third-order valence-corrected chi connectivity index (χ3v) is 3.93. The lowest BCUT2D eigenvalue weighted by Gasteiger charge is -2.03. The third-order valence-electron chi connectivity index (χ3n) is 2.50. The number of carbonyl (C=O) groups excluding carboxylic acids is 2. The lowest BCUT2D eigenvalue weighted by atomic mass is 10.1. The Balaban J connectivity index is 1.88. The lowest BCUT2D eigenvalue weighted by Crippen LogP contribution is -2.13. The van der Waals surface area contributed by atoms with Crippen molar-refractivity contribution in [2.45, 2.75) is 12.8 Å². The second kappa shape index (κ2) is 6.83.